The third-order valence-corrected chi connectivity index (χ3v) is 5.21. The third kappa shape index (κ3) is 4.48. The fourth-order valence-electron chi connectivity index (χ4n) is 3.47. The minimum Gasteiger partial charge on any atom is -0.349 e. The molecule has 1 aliphatic rings. The second-order valence-electron chi connectivity index (χ2n) is 8.39. The van der Waals surface area contributed by atoms with Crippen molar-refractivity contribution in [2.24, 2.45) is 0 Å². The molecule has 1 fully saturated rings. The summed E-state index contributed by atoms with van der Waals surface area (Å²) in [6.07, 6.45) is 0.424. The summed E-state index contributed by atoms with van der Waals surface area (Å²) in [5, 5.41) is 16.9. The van der Waals surface area contributed by atoms with E-state index in [1.807, 2.05) is 17.0 Å². The molecule has 1 saturated heterocycles. The van der Waals surface area contributed by atoms with Gasteiger partial charge in [-0.3, -0.25) is 4.79 Å². The van der Waals surface area contributed by atoms with E-state index in [0.29, 0.717) is 31.7 Å². The van der Waals surface area contributed by atoms with Crippen LogP contribution in [0, 0.1) is 11.3 Å². The van der Waals surface area contributed by atoms with Gasteiger partial charge in [0.05, 0.1) is 6.42 Å². The molecular formula is C22H27N5O. The molecule has 0 radical (unpaired) electrons. The van der Waals surface area contributed by atoms with E-state index in [9.17, 15) is 4.79 Å². The third-order valence-electron chi connectivity index (χ3n) is 5.21. The molecule has 0 N–H and O–H groups in total. The van der Waals surface area contributed by atoms with Gasteiger partial charge in [0.25, 0.3) is 0 Å². The lowest BCUT2D eigenvalue weighted by molar-refractivity contribution is -0.131. The zero-order valence-electron chi connectivity index (χ0n) is 17.0. The summed E-state index contributed by atoms with van der Waals surface area (Å²) in [6, 6.07) is 14.0. The highest BCUT2D eigenvalue weighted by Gasteiger charge is 2.27. The number of amides is 1. The maximum Gasteiger partial charge on any atom is 0.227 e. The summed E-state index contributed by atoms with van der Waals surface area (Å²) in [6.45, 7) is 10.7. The zero-order valence-corrected chi connectivity index (χ0v) is 17.0. The van der Waals surface area contributed by atoms with Gasteiger partial charge in [-0.25, -0.2) is 0 Å². The van der Waals surface area contributed by atoms with Crippen molar-refractivity contribution in [1.29, 1.82) is 5.26 Å². The summed E-state index contributed by atoms with van der Waals surface area (Å²) in [4.78, 5) is 16.8. The Morgan fingerprint density at radius 3 is 2.39 bits per heavy atom. The number of rotatable bonds is 3. The number of benzene rings is 1. The maximum absolute atomic E-state index is 12.8. The second-order valence-corrected chi connectivity index (χ2v) is 8.39. The Hall–Kier alpha value is -2.94. The summed E-state index contributed by atoms with van der Waals surface area (Å²) in [5.74, 6) is 0.900. The van der Waals surface area contributed by atoms with Crippen LogP contribution in [0.1, 0.15) is 44.5 Å². The zero-order chi connectivity index (χ0) is 20.3. The number of aromatic nitrogens is 2. The van der Waals surface area contributed by atoms with Gasteiger partial charge in [-0.05, 0) is 35.6 Å². The van der Waals surface area contributed by atoms with Crippen LogP contribution >= 0.6 is 0 Å². The van der Waals surface area contributed by atoms with Crippen LogP contribution in [0.15, 0.2) is 36.4 Å². The fraction of sp³-hybridized carbons (Fsp3) is 0.455. The highest BCUT2D eigenvalue weighted by Crippen LogP contribution is 2.23. The van der Waals surface area contributed by atoms with Crippen LogP contribution in [0.2, 0.25) is 0 Å². The van der Waals surface area contributed by atoms with E-state index in [4.69, 9.17) is 5.26 Å². The van der Waals surface area contributed by atoms with Crippen LogP contribution in [0.5, 0.6) is 0 Å². The molecule has 1 aliphatic heterocycles. The van der Waals surface area contributed by atoms with E-state index in [1.165, 1.54) is 5.56 Å². The van der Waals surface area contributed by atoms with Gasteiger partial charge < -0.3 is 9.80 Å². The van der Waals surface area contributed by atoms with Gasteiger partial charge in [0.2, 0.25) is 5.91 Å². The second kappa shape index (κ2) is 7.97. The molecule has 1 atom stereocenters. The minimum atomic E-state index is 0.114. The van der Waals surface area contributed by atoms with Crippen molar-refractivity contribution in [3.05, 3.63) is 53.2 Å². The maximum atomic E-state index is 12.8. The summed E-state index contributed by atoms with van der Waals surface area (Å²) < 4.78 is 0. The molecule has 3 rings (SSSR count). The quantitative estimate of drug-likeness (QED) is 0.822. The van der Waals surface area contributed by atoms with E-state index in [0.717, 1.165) is 11.4 Å². The molecule has 0 saturated carbocycles. The van der Waals surface area contributed by atoms with Gasteiger partial charge in [-0.1, -0.05) is 45.0 Å². The molecule has 146 valence electrons. The number of hydrogen-bond donors (Lipinski definition) is 0. The van der Waals surface area contributed by atoms with Gasteiger partial charge >= 0.3 is 0 Å². The SMILES string of the molecule is C[C@H]1CN(C(=O)Cc2ccc(C(C)(C)C)cc2)CCN1c1ccc(C#N)nn1. The first-order chi connectivity index (χ1) is 13.3. The number of piperazine rings is 1. The molecule has 0 bridgehead atoms. The van der Waals surface area contributed by atoms with Gasteiger partial charge in [0.15, 0.2) is 11.5 Å². The molecule has 1 aromatic heterocycles. The lowest BCUT2D eigenvalue weighted by atomic mass is 9.86. The van der Waals surface area contributed by atoms with Gasteiger partial charge in [-0.2, -0.15) is 5.26 Å². The number of carbonyl (C=O) groups excluding carboxylic acids is 1. The number of nitriles is 1. The van der Waals surface area contributed by atoms with Gasteiger partial charge in [0, 0.05) is 25.7 Å². The van der Waals surface area contributed by atoms with Crippen LogP contribution in [-0.4, -0.2) is 46.7 Å². The van der Waals surface area contributed by atoms with E-state index in [-0.39, 0.29) is 17.4 Å². The summed E-state index contributed by atoms with van der Waals surface area (Å²) >= 11 is 0. The highest BCUT2D eigenvalue weighted by molar-refractivity contribution is 5.79. The number of anilines is 1. The first-order valence-corrected chi connectivity index (χ1v) is 9.65. The van der Waals surface area contributed by atoms with Crippen molar-refractivity contribution >= 4 is 11.7 Å². The Labute approximate surface area is 166 Å². The Morgan fingerprint density at radius 2 is 1.86 bits per heavy atom. The van der Waals surface area contributed by atoms with E-state index < -0.39 is 0 Å². The van der Waals surface area contributed by atoms with Crippen molar-refractivity contribution in [3.8, 4) is 6.07 Å². The smallest absolute Gasteiger partial charge is 0.227 e. The van der Waals surface area contributed by atoms with Gasteiger partial charge in [0.1, 0.15) is 6.07 Å². The molecule has 1 aromatic carbocycles. The predicted molar refractivity (Wildman–Crippen MR) is 109 cm³/mol. The molecule has 0 unspecified atom stereocenters. The first-order valence-electron chi connectivity index (χ1n) is 9.65. The van der Waals surface area contributed by atoms with Crippen molar-refractivity contribution in [2.45, 2.75) is 45.6 Å². The monoisotopic (exact) mass is 377 g/mol. The molecule has 6 nitrogen and oxygen atoms in total. The van der Waals surface area contributed by atoms with Crippen molar-refractivity contribution in [3.63, 3.8) is 0 Å². The summed E-state index contributed by atoms with van der Waals surface area (Å²) in [7, 11) is 0. The van der Waals surface area contributed by atoms with Crippen LogP contribution in [0.25, 0.3) is 0 Å². The molecular weight excluding hydrogens is 350 g/mol. The highest BCUT2D eigenvalue weighted by atomic mass is 16.2. The predicted octanol–water partition coefficient (Wildman–Crippen LogP) is 2.93. The molecule has 1 amide bonds. The van der Waals surface area contributed by atoms with Crippen molar-refractivity contribution in [1.82, 2.24) is 15.1 Å². The average molecular weight is 377 g/mol. The minimum absolute atomic E-state index is 0.114. The van der Waals surface area contributed by atoms with Crippen LogP contribution < -0.4 is 4.90 Å². The molecule has 0 spiro atoms. The van der Waals surface area contributed by atoms with Crippen molar-refractivity contribution in [2.75, 3.05) is 24.5 Å². The molecule has 2 heterocycles. The average Bonchev–Trinajstić information content (AvgIpc) is 2.68. The lowest BCUT2D eigenvalue weighted by Gasteiger charge is -2.40. The molecule has 28 heavy (non-hydrogen) atoms. The topological polar surface area (TPSA) is 73.1 Å². The Kier molecular flexibility index (Phi) is 5.64. The first kappa shape index (κ1) is 19.8. The number of carbonyl (C=O) groups is 1. The molecule has 0 aliphatic carbocycles. The van der Waals surface area contributed by atoms with E-state index in [2.05, 4.69) is 67.1 Å². The fourth-order valence-corrected chi connectivity index (χ4v) is 3.47. The van der Waals surface area contributed by atoms with E-state index >= 15 is 0 Å². The Morgan fingerprint density at radius 1 is 1.14 bits per heavy atom. The normalized spacial score (nSPS) is 17.3. The Bertz CT molecular complexity index is 862. The van der Waals surface area contributed by atoms with E-state index in [1.54, 1.807) is 6.07 Å². The van der Waals surface area contributed by atoms with Crippen LogP contribution in [0.3, 0.4) is 0 Å². The summed E-state index contributed by atoms with van der Waals surface area (Å²) in [5.41, 5.74) is 2.74. The van der Waals surface area contributed by atoms with Crippen molar-refractivity contribution < 1.29 is 4.79 Å². The van der Waals surface area contributed by atoms with Crippen LogP contribution in [-0.2, 0) is 16.6 Å². The van der Waals surface area contributed by atoms with Gasteiger partial charge in [-0.15, -0.1) is 10.2 Å². The standard InChI is InChI=1S/C22H27N5O/c1-16-15-26(11-12-27(16)20-10-9-19(14-23)24-25-20)21(28)13-17-5-7-18(8-6-17)22(2,3)4/h5-10,16H,11-13,15H2,1-4H3/t16-/m0/s1. The number of nitrogens with zero attached hydrogens (tertiary/aromatic N) is 5. The number of hydrogen-bond acceptors (Lipinski definition) is 5. The van der Waals surface area contributed by atoms with Crippen LogP contribution in [0.4, 0.5) is 5.82 Å². The molecule has 2 aromatic rings. The largest absolute Gasteiger partial charge is 0.349 e. The Balaban J connectivity index is 1.60. The lowest BCUT2D eigenvalue weighted by Crippen LogP contribution is -2.54. The molecule has 6 heteroatoms.